The van der Waals surface area contributed by atoms with Gasteiger partial charge in [-0.25, -0.2) is 0 Å². The molecule has 1 fully saturated rings. The van der Waals surface area contributed by atoms with Gasteiger partial charge in [-0.1, -0.05) is 0 Å². The van der Waals surface area contributed by atoms with Crippen LogP contribution in [0.5, 0.6) is 11.5 Å². The summed E-state index contributed by atoms with van der Waals surface area (Å²) in [6.45, 7) is 0.333. The van der Waals surface area contributed by atoms with E-state index in [0.717, 1.165) is 6.42 Å². The first-order valence-electron chi connectivity index (χ1n) is 8.03. The fraction of sp³-hybridized carbons (Fsp3) is 0.471. The lowest BCUT2D eigenvalue weighted by atomic mass is 10.1. The van der Waals surface area contributed by atoms with Gasteiger partial charge in [-0.2, -0.15) is 0 Å². The number of amides is 3. The number of nitrogens with zero attached hydrogens (tertiary/aromatic N) is 1. The summed E-state index contributed by atoms with van der Waals surface area (Å²) in [6.07, 6.45) is 1.40. The van der Waals surface area contributed by atoms with Crippen LogP contribution in [0.2, 0.25) is 0 Å². The molecule has 25 heavy (non-hydrogen) atoms. The highest BCUT2D eigenvalue weighted by Gasteiger charge is 2.33. The summed E-state index contributed by atoms with van der Waals surface area (Å²) in [7, 11) is 4.52. The minimum Gasteiger partial charge on any atom is -0.497 e. The first-order valence-corrected chi connectivity index (χ1v) is 8.03. The van der Waals surface area contributed by atoms with E-state index in [4.69, 9.17) is 9.47 Å². The number of likely N-dealkylation sites (tertiary alicyclic amines) is 1. The normalized spacial score (nSPS) is 16.3. The molecule has 0 bridgehead atoms. The van der Waals surface area contributed by atoms with Gasteiger partial charge in [0.15, 0.2) is 0 Å². The van der Waals surface area contributed by atoms with Crippen LogP contribution in [0.15, 0.2) is 18.2 Å². The zero-order chi connectivity index (χ0) is 18.4. The van der Waals surface area contributed by atoms with Crippen LogP contribution < -0.4 is 20.1 Å². The summed E-state index contributed by atoms with van der Waals surface area (Å²) in [4.78, 5) is 38.0. The maximum absolute atomic E-state index is 12.3. The Morgan fingerprint density at radius 2 is 2.00 bits per heavy atom. The number of benzene rings is 1. The highest BCUT2D eigenvalue weighted by molar-refractivity contribution is 5.99. The maximum Gasteiger partial charge on any atom is 0.255 e. The number of hydrogen-bond donors (Lipinski definition) is 2. The van der Waals surface area contributed by atoms with E-state index in [1.807, 2.05) is 0 Å². The summed E-state index contributed by atoms with van der Waals surface area (Å²) in [6, 6.07) is 4.34. The minimum atomic E-state index is -0.468. The first kappa shape index (κ1) is 18.6. The van der Waals surface area contributed by atoms with Crippen molar-refractivity contribution in [2.45, 2.75) is 18.9 Å². The number of likely N-dealkylation sites (N-methyl/N-ethyl adjacent to an activating group) is 1. The van der Waals surface area contributed by atoms with Crippen molar-refractivity contribution in [3.05, 3.63) is 23.8 Å². The van der Waals surface area contributed by atoms with E-state index < -0.39 is 11.9 Å². The molecule has 1 saturated heterocycles. The predicted molar refractivity (Wildman–Crippen MR) is 90.7 cm³/mol. The van der Waals surface area contributed by atoms with E-state index in [9.17, 15) is 14.4 Å². The molecule has 1 aliphatic heterocycles. The Labute approximate surface area is 146 Å². The van der Waals surface area contributed by atoms with E-state index in [1.165, 1.54) is 19.1 Å². The molecular weight excluding hydrogens is 326 g/mol. The second-order valence-corrected chi connectivity index (χ2v) is 5.61. The average Bonchev–Trinajstić information content (AvgIpc) is 3.14. The van der Waals surface area contributed by atoms with E-state index in [2.05, 4.69) is 10.6 Å². The van der Waals surface area contributed by atoms with Gasteiger partial charge in [-0.15, -0.1) is 0 Å². The molecule has 2 N–H and O–H groups in total. The molecule has 1 heterocycles. The van der Waals surface area contributed by atoms with Crippen LogP contribution in [0.3, 0.4) is 0 Å². The Balaban J connectivity index is 2.00. The molecule has 136 valence electrons. The summed E-state index contributed by atoms with van der Waals surface area (Å²) >= 11 is 0. The fourth-order valence-corrected chi connectivity index (χ4v) is 2.84. The molecule has 8 heteroatoms. The third-order valence-electron chi connectivity index (χ3n) is 4.18. The van der Waals surface area contributed by atoms with Crippen LogP contribution in [0.1, 0.15) is 23.2 Å². The van der Waals surface area contributed by atoms with Crippen molar-refractivity contribution in [2.75, 3.05) is 34.4 Å². The molecule has 1 aliphatic rings. The van der Waals surface area contributed by atoms with Gasteiger partial charge in [-0.05, 0) is 25.0 Å². The summed E-state index contributed by atoms with van der Waals surface area (Å²) in [5, 5.41) is 5.14. The average molecular weight is 349 g/mol. The van der Waals surface area contributed by atoms with Gasteiger partial charge in [-0.3, -0.25) is 14.4 Å². The van der Waals surface area contributed by atoms with E-state index in [-0.39, 0.29) is 18.4 Å². The lowest BCUT2D eigenvalue weighted by Crippen LogP contribution is -2.48. The highest BCUT2D eigenvalue weighted by Crippen LogP contribution is 2.24. The third-order valence-corrected chi connectivity index (χ3v) is 4.18. The Kier molecular flexibility index (Phi) is 6.21. The van der Waals surface area contributed by atoms with Crippen molar-refractivity contribution in [1.29, 1.82) is 0 Å². The molecule has 0 saturated carbocycles. The molecule has 8 nitrogen and oxygen atoms in total. The van der Waals surface area contributed by atoms with Crippen molar-refractivity contribution in [1.82, 2.24) is 15.5 Å². The van der Waals surface area contributed by atoms with Crippen molar-refractivity contribution >= 4 is 17.7 Å². The lowest BCUT2D eigenvalue weighted by molar-refractivity contribution is -0.137. The monoisotopic (exact) mass is 349 g/mol. The smallest absolute Gasteiger partial charge is 0.255 e. The number of carbonyl (C=O) groups excluding carboxylic acids is 3. The Bertz CT molecular complexity index is 662. The van der Waals surface area contributed by atoms with Gasteiger partial charge in [0, 0.05) is 19.7 Å². The van der Waals surface area contributed by atoms with Crippen LogP contribution in [-0.4, -0.2) is 63.0 Å². The molecule has 3 amide bonds. The van der Waals surface area contributed by atoms with Gasteiger partial charge in [0.25, 0.3) is 5.91 Å². The highest BCUT2D eigenvalue weighted by atomic mass is 16.5. The van der Waals surface area contributed by atoms with Crippen molar-refractivity contribution in [2.24, 2.45) is 0 Å². The topological polar surface area (TPSA) is 97.0 Å². The standard InChI is InChI=1S/C17H23N3O5/c1-18-17(23)13-5-4-8-20(13)15(21)10-19-16(22)12-7-6-11(24-2)9-14(12)25-3/h6-7,9,13H,4-5,8,10H2,1-3H3,(H,18,23)(H,19,22). The molecule has 1 aromatic carbocycles. The predicted octanol–water partition coefficient (Wildman–Crippen LogP) is 0.171. The fourth-order valence-electron chi connectivity index (χ4n) is 2.84. The van der Waals surface area contributed by atoms with Crippen LogP contribution in [0.25, 0.3) is 0 Å². The lowest BCUT2D eigenvalue weighted by Gasteiger charge is -2.23. The molecule has 1 atom stereocenters. The first-order chi connectivity index (χ1) is 12.0. The zero-order valence-electron chi connectivity index (χ0n) is 14.6. The second kappa shape index (κ2) is 8.36. The molecule has 2 rings (SSSR count). The molecule has 1 aromatic rings. The van der Waals surface area contributed by atoms with E-state index in [0.29, 0.717) is 30.0 Å². The van der Waals surface area contributed by atoms with Gasteiger partial charge in [0.05, 0.1) is 26.3 Å². The number of nitrogens with one attached hydrogen (secondary N) is 2. The molecule has 1 unspecified atom stereocenters. The molecular formula is C17H23N3O5. The SMILES string of the molecule is CNC(=O)C1CCCN1C(=O)CNC(=O)c1ccc(OC)cc1OC. The molecule has 0 spiro atoms. The Morgan fingerprint density at radius 3 is 2.64 bits per heavy atom. The Hall–Kier alpha value is -2.77. The number of ether oxygens (including phenoxy) is 2. The van der Waals surface area contributed by atoms with Crippen molar-refractivity contribution in [3.63, 3.8) is 0 Å². The van der Waals surface area contributed by atoms with Crippen molar-refractivity contribution in [3.8, 4) is 11.5 Å². The Morgan fingerprint density at radius 1 is 1.24 bits per heavy atom. The minimum absolute atomic E-state index is 0.179. The van der Waals surface area contributed by atoms with Crippen LogP contribution in [0.4, 0.5) is 0 Å². The number of rotatable bonds is 6. The van der Waals surface area contributed by atoms with Gasteiger partial charge in [0.2, 0.25) is 11.8 Å². The van der Waals surface area contributed by atoms with Crippen LogP contribution in [-0.2, 0) is 9.59 Å². The van der Waals surface area contributed by atoms with Gasteiger partial charge in [0.1, 0.15) is 17.5 Å². The van der Waals surface area contributed by atoms with Gasteiger partial charge >= 0.3 is 0 Å². The van der Waals surface area contributed by atoms with E-state index >= 15 is 0 Å². The maximum atomic E-state index is 12.3. The quantitative estimate of drug-likeness (QED) is 0.763. The van der Waals surface area contributed by atoms with Crippen LogP contribution >= 0.6 is 0 Å². The third kappa shape index (κ3) is 4.20. The second-order valence-electron chi connectivity index (χ2n) is 5.61. The summed E-state index contributed by atoms with van der Waals surface area (Å²) < 4.78 is 10.3. The zero-order valence-corrected chi connectivity index (χ0v) is 14.6. The number of carbonyl (C=O) groups is 3. The number of methoxy groups -OCH3 is 2. The molecule has 0 aromatic heterocycles. The van der Waals surface area contributed by atoms with Gasteiger partial charge < -0.3 is 25.0 Å². The largest absolute Gasteiger partial charge is 0.497 e. The summed E-state index contributed by atoms with van der Waals surface area (Å²) in [5.41, 5.74) is 0.306. The number of hydrogen-bond acceptors (Lipinski definition) is 5. The summed E-state index contributed by atoms with van der Waals surface area (Å²) in [5.74, 6) is 0.0214. The van der Waals surface area contributed by atoms with E-state index in [1.54, 1.807) is 25.2 Å². The van der Waals surface area contributed by atoms with Crippen LogP contribution in [0, 0.1) is 0 Å². The van der Waals surface area contributed by atoms with Crippen molar-refractivity contribution < 1.29 is 23.9 Å². The molecule has 0 aliphatic carbocycles. The molecule has 0 radical (unpaired) electrons.